The van der Waals surface area contributed by atoms with E-state index in [1.807, 2.05) is 37.5 Å². The molecule has 1 aromatic carbocycles. The van der Waals surface area contributed by atoms with Gasteiger partial charge in [-0.25, -0.2) is 0 Å². The van der Waals surface area contributed by atoms with Crippen LogP contribution in [0.1, 0.15) is 16.7 Å². The van der Waals surface area contributed by atoms with E-state index < -0.39 is 0 Å². The highest BCUT2D eigenvalue weighted by atomic mass is 79.9. The maximum Gasteiger partial charge on any atom is 0.124 e. The van der Waals surface area contributed by atoms with Crippen LogP contribution in [-0.4, -0.2) is 4.98 Å². The van der Waals surface area contributed by atoms with Crippen LogP contribution >= 0.6 is 15.9 Å². The van der Waals surface area contributed by atoms with Crippen molar-refractivity contribution in [1.82, 2.24) is 4.98 Å². The number of hydrogen-bond donors (Lipinski definition) is 1. The molecule has 0 bridgehead atoms. The Morgan fingerprint density at radius 2 is 2.11 bits per heavy atom. The van der Waals surface area contributed by atoms with E-state index in [2.05, 4.69) is 27.0 Å². The Labute approximate surface area is 115 Å². The number of aromatic nitrogens is 1. The maximum absolute atomic E-state index is 5.78. The lowest BCUT2D eigenvalue weighted by atomic mass is 10.2. The second-order valence-corrected chi connectivity index (χ2v) is 5.03. The monoisotopic (exact) mass is 306 g/mol. The minimum atomic E-state index is 0.459. The number of pyridine rings is 1. The average Bonchev–Trinajstić information content (AvgIpc) is 2.37. The summed E-state index contributed by atoms with van der Waals surface area (Å²) in [5.41, 5.74) is 8.88. The molecule has 0 unspecified atom stereocenters. The molecule has 3 nitrogen and oxygen atoms in total. The molecule has 0 saturated carbocycles. The van der Waals surface area contributed by atoms with Gasteiger partial charge in [-0.15, -0.1) is 0 Å². The fourth-order valence-electron chi connectivity index (χ4n) is 1.71. The molecule has 94 valence electrons. The minimum Gasteiger partial charge on any atom is -0.489 e. The summed E-state index contributed by atoms with van der Waals surface area (Å²) < 4.78 is 6.79. The van der Waals surface area contributed by atoms with E-state index >= 15 is 0 Å². The highest BCUT2D eigenvalue weighted by Crippen LogP contribution is 2.23. The highest BCUT2D eigenvalue weighted by Gasteiger charge is 2.04. The summed E-state index contributed by atoms with van der Waals surface area (Å²) in [6.45, 7) is 2.98. The molecule has 18 heavy (non-hydrogen) atoms. The third kappa shape index (κ3) is 3.31. The molecule has 0 aliphatic rings. The highest BCUT2D eigenvalue weighted by molar-refractivity contribution is 9.10. The first-order valence-corrected chi connectivity index (χ1v) is 6.50. The largest absolute Gasteiger partial charge is 0.489 e. The van der Waals surface area contributed by atoms with E-state index in [1.165, 1.54) is 0 Å². The molecule has 1 heterocycles. The van der Waals surface area contributed by atoms with Gasteiger partial charge in [0.2, 0.25) is 0 Å². The van der Waals surface area contributed by atoms with Crippen molar-refractivity contribution in [1.29, 1.82) is 0 Å². The van der Waals surface area contributed by atoms with Crippen LogP contribution in [0.3, 0.4) is 0 Å². The number of hydrogen-bond acceptors (Lipinski definition) is 3. The summed E-state index contributed by atoms with van der Waals surface area (Å²) in [4.78, 5) is 4.14. The summed E-state index contributed by atoms with van der Waals surface area (Å²) >= 11 is 3.42. The van der Waals surface area contributed by atoms with E-state index in [0.29, 0.717) is 13.2 Å². The molecule has 0 aliphatic carbocycles. The number of benzene rings is 1. The van der Waals surface area contributed by atoms with Crippen LogP contribution in [-0.2, 0) is 13.2 Å². The molecule has 2 rings (SSSR count). The number of aryl methyl sites for hydroxylation is 1. The van der Waals surface area contributed by atoms with Crippen molar-refractivity contribution in [2.45, 2.75) is 20.1 Å². The van der Waals surface area contributed by atoms with Crippen molar-refractivity contribution in [2.24, 2.45) is 5.73 Å². The number of nitrogens with zero attached hydrogens (tertiary/aromatic N) is 1. The summed E-state index contributed by atoms with van der Waals surface area (Å²) in [6, 6.07) is 7.91. The van der Waals surface area contributed by atoms with Crippen molar-refractivity contribution in [3.63, 3.8) is 0 Å². The normalized spacial score (nSPS) is 10.4. The zero-order valence-corrected chi connectivity index (χ0v) is 11.8. The van der Waals surface area contributed by atoms with Crippen LogP contribution in [0.4, 0.5) is 0 Å². The van der Waals surface area contributed by atoms with E-state index in [-0.39, 0.29) is 0 Å². The second kappa shape index (κ2) is 5.98. The molecule has 2 N–H and O–H groups in total. The van der Waals surface area contributed by atoms with Gasteiger partial charge in [-0.3, -0.25) is 4.98 Å². The third-order valence-electron chi connectivity index (χ3n) is 2.57. The van der Waals surface area contributed by atoms with Gasteiger partial charge in [-0.1, -0.05) is 15.9 Å². The van der Waals surface area contributed by atoms with Gasteiger partial charge in [0.25, 0.3) is 0 Å². The van der Waals surface area contributed by atoms with Crippen molar-refractivity contribution in [3.8, 4) is 5.75 Å². The first-order chi connectivity index (χ1) is 8.69. The average molecular weight is 307 g/mol. The van der Waals surface area contributed by atoms with Gasteiger partial charge in [0, 0.05) is 34.5 Å². The van der Waals surface area contributed by atoms with E-state index in [4.69, 9.17) is 10.5 Å². The second-order valence-electron chi connectivity index (χ2n) is 4.12. The van der Waals surface area contributed by atoms with Crippen LogP contribution in [0.15, 0.2) is 41.1 Å². The molecule has 2 aromatic rings. The topological polar surface area (TPSA) is 48.1 Å². The van der Waals surface area contributed by atoms with Gasteiger partial charge < -0.3 is 10.5 Å². The quantitative estimate of drug-likeness (QED) is 0.943. The smallest absolute Gasteiger partial charge is 0.124 e. The Bertz CT molecular complexity index is 543. The molecule has 4 heteroatoms. The number of rotatable bonds is 4. The molecule has 1 aromatic heterocycles. The molecule has 0 atom stereocenters. The SMILES string of the molecule is Cc1cncc(COc2ccc(Br)cc2CN)c1. The zero-order valence-electron chi connectivity index (χ0n) is 10.2. The molecule has 0 aliphatic heterocycles. The van der Waals surface area contributed by atoms with E-state index in [1.54, 1.807) is 0 Å². The molecule has 0 spiro atoms. The molecular weight excluding hydrogens is 292 g/mol. The zero-order chi connectivity index (χ0) is 13.0. The molecule has 0 radical (unpaired) electrons. The Balaban J connectivity index is 2.10. The lowest BCUT2D eigenvalue weighted by Gasteiger charge is -2.11. The third-order valence-corrected chi connectivity index (χ3v) is 3.06. The van der Waals surface area contributed by atoms with E-state index in [9.17, 15) is 0 Å². The van der Waals surface area contributed by atoms with Crippen LogP contribution in [0.2, 0.25) is 0 Å². The summed E-state index contributed by atoms with van der Waals surface area (Å²) in [5, 5.41) is 0. The summed E-state index contributed by atoms with van der Waals surface area (Å²) in [7, 11) is 0. The van der Waals surface area contributed by atoms with E-state index in [0.717, 1.165) is 26.9 Å². The van der Waals surface area contributed by atoms with Crippen LogP contribution in [0, 0.1) is 6.92 Å². The minimum absolute atomic E-state index is 0.459. The van der Waals surface area contributed by atoms with Crippen LogP contribution in [0.5, 0.6) is 5.75 Å². The molecule has 0 amide bonds. The van der Waals surface area contributed by atoms with Crippen molar-refractivity contribution >= 4 is 15.9 Å². The Kier molecular flexibility index (Phi) is 4.33. The summed E-state index contributed by atoms with van der Waals surface area (Å²) in [6.07, 6.45) is 3.64. The maximum atomic E-state index is 5.78. The Morgan fingerprint density at radius 3 is 2.83 bits per heavy atom. The fourth-order valence-corrected chi connectivity index (χ4v) is 2.11. The number of ether oxygens (including phenoxy) is 1. The Hall–Kier alpha value is -1.39. The lowest BCUT2D eigenvalue weighted by Crippen LogP contribution is -2.03. The molecule has 0 saturated heterocycles. The fraction of sp³-hybridized carbons (Fsp3) is 0.214. The predicted molar refractivity (Wildman–Crippen MR) is 75.3 cm³/mol. The van der Waals surface area contributed by atoms with Gasteiger partial charge >= 0.3 is 0 Å². The van der Waals surface area contributed by atoms with Gasteiger partial charge in [-0.05, 0) is 36.8 Å². The van der Waals surface area contributed by atoms with Crippen molar-refractivity contribution < 1.29 is 4.74 Å². The first kappa shape index (κ1) is 13.1. The molecule has 0 fully saturated rings. The van der Waals surface area contributed by atoms with Crippen molar-refractivity contribution in [3.05, 3.63) is 57.8 Å². The lowest BCUT2D eigenvalue weighted by molar-refractivity contribution is 0.302. The number of halogens is 1. The van der Waals surface area contributed by atoms with Crippen molar-refractivity contribution in [2.75, 3.05) is 0 Å². The number of nitrogens with two attached hydrogens (primary N) is 1. The summed E-state index contributed by atoms with van der Waals surface area (Å²) in [5.74, 6) is 0.821. The Morgan fingerprint density at radius 1 is 1.28 bits per heavy atom. The van der Waals surface area contributed by atoms with Gasteiger partial charge in [-0.2, -0.15) is 0 Å². The molecular formula is C14H15BrN2O. The van der Waals surface area contributed by atoms with Crippen LogP contribution < -0.4 is 10.5 Å². The predicted octanol–water partition coefficient (Wildman–Crippen LogP) is 3.19. The standard InChI is InChI=1S/C14H15BrN2O/c1-10-4-11(8-17-7-10)9-18-14-3-2-13(15)5-12(14)6-16/h2-5,7-8H,6,9,16H2,1H3. The van der Waals surface area contributed by atoms with Gasteiger partial charge in [0.05, 0.1) is 0 Å². The van der Waals surface area contributed by atoms with Gasteiger partial charge in [0.1, 0.15) is 12.4 Å². The van der Waals surface area contributed by atoms with Crippen LogP contribution in [0.25, 0.3) is 0 Å². The van der Waals surface area contributed by atoms with Gasteiger partial charge in [0.15, 0.2) is 0 Å². The first-order valence-electron chi connectivity index (χ1n) is 5.71.